The van der Waals surface area contributed by atoms with Gasteiger partial charge in [-0.15, -0.1) is 0 Å². The largest absolute Gasteiger partial charge is 0.490 e. The summed E-state index contributed by atoms with van der Waals surface area (Å²) in [5.74, 6) is 1.05. The molecule has 0 bridgehead atoms. The second-order valence-corrected chi connectivity index (χ2v) is 8.36. The van der Waals surface area contributed by atoms with E-state index in [1.165, 1.54) is 5.56 Å². The summed E-state index contributed by atoms with van der Waals surface area (Å²) in [6.45, 7) is 8.93. The fraction of sp³-hybridized carbons (Fsp3) is 0.240. The van der Waals surface area contributed by atoms with E-state index in [1.807, 2.05) is 45.0 Å². The van der Waals surface area contributed by atoms with Gasteiger partial charge < -0.3 is 14.8 Å². The molecule has 0 saturated heterocycles. The van der Waals surface area contributed by atoms with Crippen molar-refractivity contribution in [1.29, 1.82) is 0 Å². The predicted molar refractivity (Wildman–Crippen MR) is 130 cm³/mol. The van der Waals surface area contributed by atoms with Crippen LogP contribution in [0.5, 0.6) is 11.5 Å². The van der Waals surface area contributed by atoms with Gasteiger partial charge in [-0.1, -0.05) is 42.0 Å². The Hall–Kier alpha value is -2.54. The lowest BCUT2D eigenvalue weighted by Crippen LogP contribution is -2.14. The van der Waals surface area contributed by atoms with Crippen molar-refractivity contribution in [2.45, 2.75) is 34.3 Å². The van der Waals surface area contributed by atoms with E-state index >= 15 is 0 Å². The van der Waals surface area contributed by atoms with Crippen LogP contribution in [0.15, 0.2) is 54.6 Å². The predicted octanol–water partition coefficient (Wildman–Crippen LogP) is 6.45. The second-order valence-electron chi connectivity index (χ2n) is 7.19. The number of benzene rings is 3. The van der Waals surface area contributed by atoms with E-state index in [0.717, 1.165) is 25.9 Å². The third-order valence-electron chi connectivity index (χ3n) is 4.93. The lowest BCUT2D eigenvalue weighted by molar-refractivity contribution is 0.102. The molecular weight excluding hydrogens is 489 g/mol. The zero-order valence-electron chi connectivity index (χ0n) is 17.7. The number of hydrogen-bond donors (Lipinski definition) is 1. The van der Waals surface area contributed by atoms with Gasteiger partial charge in [-0.2, -0.15) is 0 Å². The summed E-state index contributed by atoms with van der Waals surface area (Å²) < 4.78 is 12.7. The van der Waals surface area contributed by atoms with E-state index in [-0.39, 0.29) is 5.91 Å². The minimum atomic E-state index is -0.173. The van der Waals surface area contributed by atoms with Gasteiger partial charge in [0.15, 0.2) is 11.5 Å². The number of amides is 1. The average molecular weight is 515 g/mol. The van der Waals surface area contributed by atoms with Crippen molar-refractivity contribution in [3.8, 4) is 11.5 Å². The lowest BCUT2D eigenvalue weighted by atomic mass is 10.1. The molecule has 3 aromatic carbocycles. The molecule has 0 heterocycles. The van der Waals surface area contributed by atoms with Gasteiger partial charge in [-0.25, -0.2) is 0 Å². The normalized spacial score (nSPS) is 10.6. The lowest BCUT2D eigenvalue weighted by Gasteiger charge is -2.16. The van der Waals surface area contributed by atoms with Crippen molar-refractivity contribution < 1.29 is 14.3 Å². The number of carbonyl (C=O) groups excluding carboxylic acids is 1. The molecule has 3 aromatic rings. The van der Waals surface area contributed by atoms with Crippen molar-refractivity contribution in [3.05, 3.63) is 86.0 Å². The molecule has 5 heteroatoms. The molecular formula is C25H26INO3. The molecule has 30 heavy (non-hydrogen) atoms. The summed E-state index contributed by atoms with van der Waals surface area (Å²) in [5, 5.41) is 3.01. The van der Waals surface area contributed by atoms with E-state index in [4.69, 9.17) is 9.47 Å². The Bertz CT molecular complexity index is 1050. The molecule has 0 aliphatic carbocycles. The fourth-order valence-electron chi connectivity index (χ4n) is 3.02. The van der Waals surface area contributed by atoms with Crippen LogP contribution in [0.2, 0.25) is 0 Å². The Morgan fingerprint density at radius 2 is 1.73 bits per heavy atom. The summed E-state index contributed by atoms with van der Waals surface area (Å²) in [6.07, 6.45) is 0. The number of ether oxygens (including phenoxy) is 2. The highest BCUT2D eigenvalue weighted by atomic mass is 127. The number of anilines is 1. The van der Waals surface area contributed by atoms with Crippen LogP contribution >= 0.6 is 22.6 Å². The van der Waals surface area contributed by atoms with Crippen LogP contribution in [0, 0.1) is 24.3 Å². The first-order valence-electron chi connectivity index (χ1n) is 9.91. The molecule has 0 aliphatic heterocycles. The van der Waals surface area contributed by atoms with E-state index in [1.54, 1.807) is 6.07 Å². The van der Waals surface area contributed by atoms with E-state index < -0.39 is 0 Å². The molecule has 0 radical (unpaired) electrons. The van der Waals surface area contributed by atoms with Crippen LogP contribution in [0.1, 0.15) is 39.5 Å². The number of rotatable bonds is 7. The van der Waals surface area contributed by atoms with Crippen LogP contribution < -0.4 is 14.8 Å². The first-order valence-corrected chi connectivity index (χ1v) is 11.0. The van der Waals surface area contributed by atoms with Crippen LogP contribution in [-0.2, 0) is 6.61 Å². The minimum absolute atomic E-state index is 0.173. The molecule has 0 saturated carbocycles. The topological polar surface area (TPSA) is 47.6 Å². The number of aryl methyl sites for hydroxylation is 2. The number of hydrogen-bond acceptors (Lipinski definition) is 3. The fourth-order valence-corrected chi connectivity index (χ4v) is 3.78. The number of nitrogens with one attached hydrogen (secondary N) is 1. The van der Waals surface area contributed by atoms with Gasteiger partial charge in [0.05, 0.1) is 10.2 Å². The minimum Gasteiger partial charge on any atom is -0.490 e. The molecule has 4 nitrogen and oxygen atoms in total. The van der Waals surface area contributed by atoms with Gasteiger partial charge >= 0.3 is 0 Å². The summed E-state index contributed by atoms with van der Waals surface area (Å²) in [5.41, 5.74) is 5.83. The van der Waals surface area contributed by atoms with Crippen LogP contribution in [0.3, 0.4) is 0 Å². The maximum Gasteiger partial charge on any atom is 0.255 e. The molecule has 0 atom stereocenters. The zero-order valence-corrected chi connectivity index (χ0v) is 19.9. The maximum atomic E-state index is 12.9. The Labute approximate surface area is 191 Å². The Balaban J connectivity index is 1.83. The van der Waals surface area contributed by atoms with Gasteiger partial charge in [0, 0.05) is 11.3 Å². The van der Waals surface area contributed by atoms with Gasteiger partial charge in [0.1, 0.15) is 6.61 Å². The second kappa shape index (κ2) is 9.98. The zero-order chi connectivity index (χ0) is 21.7. The molecule has 0 fully saturated rings. The maximum absolute atomic E-state index is 12.9. The summed E-state index contributed by atoms with van der Waals surface area (Å²) in [7, 11) is 0. The number of halogens is 1. The monoisotopic (exact) mass is 515 g/mol. The summed E-state index contributed by atoms with van der Waals surface area (Å²) in [4.78, 5) is 12.9. The molecule has 3 rings (SSSR count). The van der Waals surface area contributed by atoms with E-state index in [9.17, 15) is 4.79 Å². The Kier molecular flexibility index (Phi) is 7.37. The molecule has 1 N–H and O–H groups in total. The van der Waals surface area contributed by atoms with Crippen molar-refractivity contribution in [1.82, 2.24) is 0 Å². The van der Waals surface area contributed by atoms with Crippen LogP contribution in [-0.4, -0.2) is 12.5 Å². The molecule has 156 valence electrons. The third-order valence-corrected chi connectivity index (χ3v) is 5.73. The van der Waals surface area contributed by atoms with E-state index in [0.29, 0.717) is 30.3 Å². The van der Waals surface area contributed by atoms with Crippen molar-refractivity contribution in [3.63, 3.8) is 0 Å². The van der Waals surface area contributed by atoms with Crippen molar-refractivity contribution in [2.24, 2.45) is 0 Å². The standard InChI is InChI=1S/C25H26INO3/c1-5-29-23-14-20(25(28)27-22-8-6-7-17(3)18(22)4)13-21(26)24(23)30-15-19-11-9-16(2)10-12-19/h6-14H,5,15H2,1-4H3,(H,27,28). The van der Waals surface area contributed by atoms with Crippen LogP contribution in [0.4, 0.5) is 5.69 Å². The quantitative estimate of drug-likeness (QED) is 0.368. The highest BCUT2D eigenvalue weighted by Gasteiger charge is 2.17. The number of carbonyl (C=O) groups is 1. The third kappa shape index (κ3) is 5.33. The highest BCUT2D eigenvalue weighted by Crippen LogP contribution is 2.35. The molecule has 0 spiro atoms. The highest BCUT2D eigenvalue weighted by molar-refractivity contribution is 14.1. The summed E-state index contributed by atoms with van der Waals surface area (Å²) >= 11 is 2.19. The first-order chi connectivity index (χ1) is 14.4. The molecule has 0 aliphatic rings. The van der Waals surface area contributed by atoms with Gasteiger partial charge in [-0.05, 0) is 85.2 Å². The molecule has 0 unspecified atom stereocenters. The van der Waals surface area contributed by atoms with E-state index in [2.05, 4.69) is 59.1 Å². The molecule has 1 amide bonds. The SMILES string of the molecule is CCOc1cc(C(=O)Nc2cccc(C)c2C)cc(I)c1OCc1ccc(C)cc1. The van der Waals surface area contributed by atoms with Crippen LogP contribution in [0.25, 0.3) is 0 Å². The van der Waals surface area contributed by atoms with Gasteiger partial charge in [0.2, 0.25) is 0 Å². The Morgan fingerprint density at radius 3 is 2.43 bits per heavy atom. The van der Waals surface area contributed by atoms with Gasteiger partial charge in [0.25, 0.3) is 5.91 Å². The Morgan fingerprint density at radius 1 is 1.00 bits per heavy atom. The van der Waals surface area contributed by atoms with Gasteiger partial charge in [-0.3, -0.25) is 4.79 Å². The summed E-state index contributed by atoms with van der Waals surface area (Å²) in [6, 6.07) is 17.7. The first kappa shape index (κ1) is 22.2. The molecule has 0 aromatic heterocycles. The van der Waals surface area contributed by atoms with Crippen molar-refractivity contribution in [2.75, 3.05) is 11.9 Å². The van der Waals surface area contributed by atoms with Crippen molar-refractivity contribution >= 4 is 34.2 Å². The smallest absolute Gasteiger partial charge is 0.255 e. The average Bonchev–Trinajstić information content (AvgIpc) is 2.72.